The van der Waals surface area contributed by atoms with E-state index < -0.39 is 23.2 Å². The van der Waals surface area contributed by atoms with Crippen molar-refractivity contribution in [2.24, 2.45) is 0 Å². The minimum absolute atomic E-state index is 0.0680. The van der Waals surface area contributed by atoms with Crippen LogP contribution in [0.3, 0.4) is 0 Å². The largest absolute Gasteiger partial charge is 0.493 e. The van der Waals surface area contributed by atoms with Gasteiger partial charge in [-0.3, -0.25) is 14.5 Å². The van der Waals surface area contributed by atoms with Crippen molar-refractivity contribution in [1.29, 1.82) is 0 Å². The molecule has 1 atom stereocenters. The Hall–Kier alpha value is -4.20. The highest BCUT2D eigenvalue weighted by Gasteiger charge is 2.44. The summed E-state index contributed by atoms with van der Waals surface area (Å²) in [5.74, 6) is 0.263. The number of unbranched alkanes of at least 4 members (excludes halogenated alkanes) is 2. The van der Waals surface area contributed by atoms with E-state index in [9.17, 15) is 14.0 Å². The first kappa shape index (κ1) is 24.5. The van der Waals surface area contributed by atoms with Crippen molar-refractivity contribution in [2.45, 2.75) is 39.2 Å². The van der Waals surface area contributed by atoms with Crippen LogP contribution in [-0.2, 0) is 0 Å². The van der Waals surface area contributed by atoms with Crippen molar-refractivity contribution in [3.05, 3.63) is 93.2 Å². The Bertz CT molecular complexity index is 1550. The fourth-order valence-corrected chi connectivity index (χ4v) is 4.67. The quantitative estimate of drug-likeness (QED) is 0.277. The third kappa shape index (κ3) is 4.43. The normalized spacial score (nSPS) is 14.8. The molecule has 0 saturated carbocycles. The molecule has 0 aliphatic carbocycles. The Morgan fingerprint density at radius 1 is 1.05 bits per heavy atom. The van der Waals surface area contributed by atoms with Gasteiger partial charge in [0.1, 0.15) is 17.2 Å². The molecule has 7 nitrogen and oxygen atoms in total. The second kappa shape index (κ2) is 10.0. The summed E-state index contributed by atoms with van der Waals surface area (Å²) in [7, 11) is 1.54. The van der Waals surface area contributed by atoms with Gasteiger partial charge in [0.05, 0.1) is 30.7 Å². The van der Waals surface area contributed by atoms with Gasteiger partial charge in [-0.25, -0.2) is 9.37 Å². The standard InChI is InChI=1S/C29H27FN2O5/c1-4-5-6-14-36-22-12-10-18(15-23(22)35-3)26-25-27(33)20-16-19(30)11-13-21(20)37-28(25)29(34)32(26)24-9-7-8-17(2)31-24/h7-13,15-16,26H,4-6,14H2,1-3H3. The highest BCUT2D eigenvalue weighted by Crippen LogP contribution is 2.42. The van der Waals surface area contributed by atoms with E-state index in [1.807, 2.05) is 13.0 Å². The van der Waals surface area contributed by atoms with Crippen LogP contribution >= 0.6 is 0 Å². The van der Waals surface area contributed by atoms with Gasteiger partial charge in [-0.1, -0.05) is 31.9 Å². The van der Waals surface area contributed by atoms with E-state index in [2.05, 4.69) is 11.9 Å². The number of methoxy groups -OCH3 is 1. The molecule has 4 aromatic rings. The van der Waals surface area contributed by atoms with E-state index in [-0.39, 0.29) is 22.3 Å². The Morgan fingerprint density at radius 3 is 2.65 bits per heavy atom. The van der Waals surface area contributed by atoms with Gasteiger partial charge in [-0.05, 0) is 61.4 Å². The zero-order valence-electron chi connectivity index (χ0n) is 20.9. The molecule has 0 N–H and O–H groups in total. The number of carbonyl (C=O) groups excluding carboxylic acids is 1. The number of aromatic nitrogens is 1. The van der Waals surface area contributed by atoms with Crippen molar-refractivity contribution < 1.29 is 23.1 Å². The number of anilines is 1. The third-order valence-electron chi connectivity index (χ3n) is 6.46. The average molecular weight is 503 g/mol. The fourth-order valence-electron chi connectivity index (χ4n) is 4.67. The second-order valence-electron chi connectivity index (χ2n) is 9.00. The number of pyridine rings is 1. The van der Waals surface area contributed by atoms with Crippen molar-refractivity contribution in [3.63, 3.8) is 0 Å². The monoisotopic (exact) mass is 502 g/mol. The molecule has 0 radical (unpaired) electrons. The molecule has 37 heavy (non-hydrogen) atoms. The molecule has 1 aliphatic heterocycles. The lowest BCUT2D eigenvalue weighted by atomic mass is 9.98. The van der Waals surface area contributed by atoms with Crippen LogP contribution < -0.4 is 19.8 Å². The zero-order valence-corrected chi connectivity index (χ0v) is 20.9. The van der Waals surface area contributed by atoms with Crippen molar-refractivity contribution >= 4 is 22.7 Å². The lowest BCUT2D eigenvalue weighted by molar-refractivity contribution is 0.0970. The molecule has 2 aromatic heterocycles. The highest BCUT2D eigenvalue weighted by atomic mass is 19.1. The number of nitrogens with zero attached hydrogens (tertiary/aromatic N) is 2. The van der Waals surface area contributed by atoms with Crippen LogP contribution in [0, 0.1) is 12.7 Å². The van der Waals surface area contributed by atoms with Crippen LogP contribution in [0.2, 0.25) is 0 Å². The van der Waals surface area contributed by atoms with Crippen LogP contribution in [0.15, 0.2) is 63.8 Å². The van der Waals surface area contributed by atoms with Gasteiger partial charge in [0.15, 0.2) is 16.9 Å². The molecule has 1 amide bonds. The molecular weight excluding hydrogens is 475 g/mol. The Kier molecular flexibility index (Phi) is 6.65. The predicted octanol–water partition coefficient (Wildman–Crippen LogP) is 5.96. The summed E-state index contributed by atoms with van der Waals surface area (Å²) in [6, 6.07) is 13.5. The molecule has 0 fully saturated rings. The molecule has 0 spiro atoms. The van der Waals surface area contributed by atoms with Crippen molar-refractivity contribution in [1.82, 2.24) is 4.98 Å². The van der Waals surface area contributed by atoms with Crippen LogP contribution in [0.25, 0.3) is 11.0 Å². The van der Waals surface area contributed by atoms with E-state index in [1.165, 1.54) is 24.1 Å². The van der Waals surface area contributed by atoms with Gasteiger partial charge in [0.25, 0.3) is 5.91 Å². The number of halogens is 1. The van der Waals surface area contributed by atoms with Crippen LogP contribution in [-0.4, -0.2) is 24.6 Å². The number of amides is 1. The fraction of sp³-hybridized carbons (Fsp3) is 0.276. The van der Waals surface area contributed by atoms with E-state index in [0.29, 0.717) is 35.2 Å². The Morgan fingerprint density at radius 2 is 1.89 bits per heavy atom. The van der Waals surface area contributed by atoms with Crippen LogP contribution in [0.5, 0.6) is 11.5 Å². The molecule has 0 bridgehead atoms. The topological polar surface area (TPSA) is 81.9 Å². The molecule has 8 heteroatoms. The van der Waals surface area contributed by atoms with Gasteiger partial charge >= 0.3 is 0 Å². The van der Waals surface area contributed by atoms with Gasteiger partial charge in [0, 0.05) is 5.69 Å². The van der Waals surface area contributed by atoms with E-state index in [1.54, 1.807) is 30.3 Å². The minimum Gasteiger partial charge on any atom is -0.493 e. The molecule has 0 saturated heterocycles. The maximum atomic E-state index is 14.0. The summed E-state index contributed by atoms with van der Waals surface area (Å²) in [4.78, 5) is 33.4. The zero-order chi connectivity index (χ0) is 26.1. The number of fused-ring (bicyclic) bond motifs is 2. The molecule has 3 heterocycles. The Labute approximate surface area is 213 Å². The summed E-state index contributed by atoms with van der Waals surface area (Å²) >= 11 is 0. The van der Waals surface area contributed by atoms with Crippen LogP contribution in [0.4, 0.5) is 10.2 Å². The minimum atomic E-state index is -0.858. The summed E-state index contributed by atoms with van der Waals surface area (Å²) in [5, 5.41) is 0.0680. The molecule has 2 aromatic carbocycles. The first-order chi connectivity index (χ1) is 17.9. The summed E-state index contributed by atoms with van der Waals surface area (Å²) in [5.41, 5.74) is 1.12. The lowest BCUT2D eigenvalue weighted by Crippen LogP contribution is -2.30. The Balaban J connectivity index is 1.68. The van der Waals surface area contributed by atoms with Crippen LogP contribution in [0.1, 0.15) is 59.6 Å². The smallest absolute Gasteiger partial charge is 0.296 e. The van der Waals surface area contributed by atoms with Crippen molar-refractivity contribution in [2.75, 3.05) is 18.6 Å². The van der Waals surface area contributed by atoms with Gasteiger partial charge in [-0.15, -0.1) is 0 Å². The summed E-state index contributed by atoms with van der Waals surface area (Å²) in [6.45, 7) is 4.49. The van der Waals surface area contributed by atoms with Gasteiger partial charge in [-0.2, -0.15) is 0 Å². The average Bonchev–Trinajstić information content (AvgIpc) is 3.19. The molecular formula is C29H27FN2O5. The molecule has 5 rings (SSSR count). The van der Waals surface area contributed by atoms with E-state index in [0.717, 1.165) is 25.3 Å². The number of hydrogen-bond donors (Lipinski definition) is 0. The number of carbonyl (C=O) groups is 1. The number of ether oxygens (including phenoxy) is 2. The second-order valence-corrected chi connectivity index (χ2v) is 9.00. The maximum absolute atomic E-state index is 14.0. The van der Waals surface area contributed by atoms with Crippen molar-refractivity contribution in [3.8, 4) is 11.5 Å². The number of rotatable bonds is 8. The predicted molar refractivity (Wildman–Crippen MR) is 138 cm³/mol. The first-order valence-corrected chi connectivity index (χ1v) is 12.3. The first-order valence-electron chi connectivity index (χ1n) is 12.3. The summed E-state index contributed by atoms with van der Waals surface area (Å²) < 4.78 is 31.5. The van der Waals surface area contributed by atoms with E-state index in [4.69, 9.17) is 13.9 Å². The summed E-state index contributed by atoms with van der Waals surface area (Å²) in [6.07, 6.45) is 3.06. The third-order valence-corrected chi connectivity index (χ3v) is 6.46. The highest BCUT2D eigenvalue weighted by molar-refractivity contribution is 6.10. The lowest BCUT2D eigenvalue weighted by Gasteiger charge is -2.25. The molecule has 190 valence electrons. The number of aryl methyl sites for hydroxylation is 1. The molecule has 1 aliphatic rings. The SMILES string of the molecule is CCCCCOc1ccc(C2c3c(oc4ccc(F)cc4c3=O)C(=O)N2c2cccc(C)n2)cc1OC. The maximum Gasteiger partial charge on any atom is 0.296 e. The number of benzene rings is 2. The number of hydrogen-bond acceptors (Lipinski definition) is 6. The van der Waals surface area contributed by atoms with Gasteiger partial charge in [0.2, 0.25) is 5.76 Å². The van der Waals surface area contributed by atoms with E-state index >= 15 is 0 Å². The molecule has 1 unspecified atom stereocenters. The van der Waals surface area contributed by atoms with Gasteiger partial charge < -0.3 is 13.9 Å².